The molecule has 114 valence electrons. The van der Waals surface area contributed by atoms with Gasteiger partial charge in [-0.15, -0.1) is 0 Å². The van der Waals surface area contributed by atoms with Gasteiger partial charge in [-0.05, 0) is 19.1 Å². The van der Waals surface area contributed by atoms with Crippen LogP contribution in [-0.2, 0) is 12.6 Å². The molecule has 0 aliphatic carbocycles. The summed E-state index contributed by atoms with van der Waals surface area (Å²) in [4.78, 5) is 6.72. The van der Waals surface area contributed by atoms with Gasteiger partial charge in [-0.2, -0.15) is 13.2 Å². The molecule has 0 bridgehead atoms. The Bertz CT molecular complexity index is 585. The molecule has 0 saturated carbocycles. The van der Waals surface area contributed by atoms with E-state index in [0.717, 1.165) is 5.76 Å². The van der Waals surface area contributed by atoms with Crippen molar-refractivity contribution in [3.63, 3.8) is 0 Å². The van der Waals surface area contributed by atoms with E-state index < -0.39 is 12.0 Å². The lowest BCUT2D eigenvalue weighted by atomic mass is 10.2. The molecule has 0 aliphatic rings. The van der Waals surface area contributed by atoms with Crippen LogP contribution in [-0.4, -0.2) is 16.0 Å². The molecule has 9 heteroatoms. The highest BCUT2D eigenvalue weighted by molar-refractivity contribution is 5.47. The molecule has 0 saturated heterocycles. The molecule has 1 unspecified atom stereocenters. The predicted octanol–water partition coefficient (Wildman–Crippen LogP) is 2.42. The monoisotopic (exact) mass is 301 g/mol. The Balaban J connectivity index is 2.15. The third-order valence-corrected chi connectivity index (χ3v) is 2.61. The van der Waals surface area contributed by atoms with Crippen molar-refractivity contribution in [2.24, 2.45) is 5.84 Å². The average Bonchev–Trinajstić information content (AvgIpc) is 2.89. The number of nitrogens with one attached hydrogen (secondary N) is 2. The number of hydrogen-bond acceptors (Lipinski definition) is 6. The highest BCUT2D eigenvalue weighted by atomic mass is 19.4. The van der Waals surface area contributed by atoms with Crippen LogP contribution in [0.5, 0.6) is 0 Å². The molecule has 0 amide bonds. The van der Waals surface area contributed by atoms with Crippen molar-refractivity contribution in [1.29, 1.82) is 0 Å². The van der Waals surface area contributed by atoms with Crippen LogP contribution in [0.2, 0.25) is 0 Å². The lowest BCUT2D eigenvalue weighted by Crippen LogP contribution is -2.22. The number of nitrogens with two attached hydrogens (primary N) is 1. The van der Waals surface area contributed by atoms with Crippen molar-refractivity contribution in [3.05, 3.63) is 36.0 Å². The van der Waals surface area contributed by atoms with Crippen molar-refractivity contribution >= 4 is 11.6 Å². The zero-order valence-electron chi connectivity index (χ0n) is 11.1. The molecular formula is C12H14F3N5O. The van der Waals surface area contributed by atoms with Crippen LogP contribution < -0.4 is 16.6 Å². The fourth-order valence-electron chi connectivity index (χ4n) is 1.76. The van der Waals surface area contributed by atoms with E-state index in [9.17, 15) is 13.2 Å². The number of hydrazine groups is 1. The first-order valence-corrected chi connectivity index (χ1v) is 6.10. The Morgan fingerprint density at radius 2 is 2.05 bits per heavy atom. The zero-order valence-corrected chi connectivity index (χ0v) is 11.1. The van der Waals surface area contributed by atoms with E-state index in [0.29, 0.717) is 6.42 Å². The molecule has 0 aromatic carbocycles. The molecule has 4 N–H and O–H groups in total. The van der Waals surface area contributed by atoms with Gasteiger partial charge in [0.15, 0.2) is 0 Å². The summed E-state index contributed by atoms with van der Waals surface area (Å²) in [7, 11) is 0. The van der Waals surface area contributed by atoms with Crippen molar-refractivity contribution in [1.82, 2.24) is 9.97 Å². The maximum absolute atomic E-state index is 12.7. The first kappa shape index (κ1) is 15.1. The minimum absolute atomic E-state index is 0.0318. The summed E-state index contributed by atoms with van der Waals surface area (Å²) < 4.78 is 43.3. The summed E-state index contributed by atoms with van der Waals surface area (Å²) in [5.41, 5.74) is 2.09. The lowest BCUT2D eigenvalue weighted by Gasteiger charge is -2.15. The zero-order chi connectivity index (χ0) is 15.5. The SMILES string of the molecule is CC(Cc1ccco1)Nc1cc(NN)nc(C(F)(F)F)n1. The largest absolute Gasteiger partial charge is 0.469 e. The van der Waals surface area contributed by atoms with Crippen LogP contribution in [0.3, 0.4) is 0 Å². The summed E-state index contributed by atoms with van der Waals surface area (Å²) in [6.07, 6.45) is -2.61. The van der Waals surface area contributed by atoms with E-state index in [1.54, 1.807) is 19.1 Å². The second-order valence-electron chi connectivity index (χ2n) is 4.43. The molecule has 0 spiro atoms. The Kier molecular flexibility index (Phi) is 4.32. The molecule has 0 aliphatic heterocycles. The van der Waals surface area contributed by atoms with Crippen molar-refractivity contribution in [2.75, 3.05) is 10.7 Å². The number of rotatable bonds is 5. The van der Waals surface area contributed by atoms with Gasteiger partial charge in [0.25, 0.3) is 0 Å². The minimum atomic E-state index is -4.65. The Hall–Kier alpha value is -2.29. The smallest absolute Gasteiger partial charge is 0.451 e. The fraction of sp³-hybridized carbons (Fsp3) is 0.333. The molecule has 21 heavy (non-hydrogen) atoms. The van der Waals surface area contributed by atoms with Crippen LogP contribution >= 0.6 is 0 Å². The van der Waals surface area contributed by atoms with Crippen LogP contribution in [0.25, 0.3) is 0 Å². The fourth-order valence-corrected chi connectivity index (χ4v) is 1.76. The highest BCUT2D eigenvalue weighted by Gasteiger charge is 2.35. The second kappa shape index (κ2) is 6.00. The van der Waals surface area contributed by atoms with Gasteiger partial charge in [0, 0.05) is 18.5 Å². The second-order valence-corrected chi connectivity index (χ2v) is 4.43. The quantitative estimate of drug-likeness (QED) is 0.580. The Morgan fingerprint density at radius 1 is 1.33 bits per heavy atom. The molecule has 1 atom stereocenters. The normalized spacial score (nSPS) is 13.0. The predicted molar refractivity (Wildman–Crippen MR) is 70.3 cm³/mol. The third-order valence-electron chi connectivity index (χ3n) is 2.61. The number of nitrogens with zero attached hydrogens (tertiary/aromatic N) is 2. The third kappa shape index (κ3) is 4.09. The summed E-state index contributed by atoms with van der Waals surface area (Å²) in [6, 6.07) is 4.64. The van der Waals surface area contributed by atoms with Gasteiger partial charge in [-0.25, -0.2) is 15.8 Å². The topological polar surface area (TPSA) is 89.0 Å². The summed E-state index contributed by atoms with van der Waals surface area (Å²) >= 11 is 0. The number of halogens is 3. The van der Waals surface area contributed by atoms with E-state index >= 15 is 0 Å². The van der Waals surface area contributed by atoms with Gasteiger partial charge >= 0.3 is 6.18 Å². The van der Waals surface area contributed by atoms with Crippen LogP contribution in [0.4, 0.5) is 24.8 Å². The molecule has 6 nitrogen and oxygen atoms in total. The van der Waals surface area contributed by atoms with Gasteiger partial charge < -0.3 is 15.2 Å². The van der Waals surface area contributed by atoms with Gasteiger partial charge in [0.05, 0.1) is 6.26 Å². The number of nitrogen functional groups attached to an aromatic ring is 1. The number of furan rings is 1. The molecule has 2 rings (SSSR count). The van der Waals surface area contributed by atoms with Crippen LogP contribution in [0.15, 0.2) is 28.9 Å². The van der Waals surface area contributed by atoms with Crippen molar-refractivity contribution in [2.45, 2.75) is 25.6 Å². The van der Waals surface area contributed by atoms with E-state index in [-0.39, 0.29) is 17.7 Å². The maximum atomic E-state index is 12.7. The molecule has 2 aromatic rings. The van der Waals surface area contributed by atoms with Gasteiger partial charge in [0.2, 0.25) is 5.82 Å². The number of hydrogen-bond donors (Lipinski definition) is 3. The first-order valence-electron chi connectivity index (χ1n) is 6.10. The Labute approximate surface area is 118 Å². The summed E-state index contributed by atoms with van der Waals surface area (Å²) in [5.74, 6) is 4.49. The van der Waals surface area contributed by atoms with E-state index in [2.05, 4.69) is 20.7 Å². The number of alkyl halides is 3. The maximum Gasteiger partial charge on any atom is 0.451 e. The van der Waals surface area contributed by atoms with Gasteiger partial charge in [-0.3, -0.25) is 0 Å². The standard InChI is InChI=1S/C12H14F3N5O/c1-7(5-8-3-2-4-21-8)17-9-6-10(20-16)19-11(18-9)12(13,14)15/h2-4,6-7H,5,16H2,1H3,(H2,17,18,19,20). The molecule has 0 radical (unpaired) electrons. The summed E-state index contributed by atoms with van der Waals surface area (Å²) in [5, 5.41) is 2.86. The Morgan fingerprint density at radius 3 is 2.62 bits per heavy atom. The first-order chi connectivity index (χ1) is 9.88. The minimum Gasteiger partial charge on any atom is -0.469 e. The lowest BCUT2D eigenvalue weighted by molar-refractivity contribution is -0.144. The van der Waals surface area contributed by atoms with Crippen LogP contribution in [0.1, 0.15) is 18.5 Å². The number of anilines is 2. The highest BCUT2D eigenvalue weighted by Crippen LogP contribution is 2.28. The van der Waals surface area contributed by atoms with Gasteiger partial charge in [-0.1, -0.05) is 0 Å². The average molecular weight is 301 g/mol. The molecular weight excluding hydrogens is 287 g/mol. The van der Waals surface area contributed by atoms with Crippen molar-refractivity contribution in [3.8, 4) is 0 Å². The van der Waals surface area contributed by atoms with Crippen molar-refractivity contribution < 1.29 is 17.6 Å². The van der Waals surface area contributed by atoms with Crippen LogP contribution in [0, 0.1) is 0 Å². The van der Waals surface area contributed by atoms with Gasteiger partial charge in [0.1, 0.15) is 17.4 Å². The van der Waals surface area contributed by atoms with E-state index in [4.69, 9.17) is 10.3 Å². The molecule has 2 heterocycles. The number of aromatic nitrogens is 2. The molecule has 2 aromatic heterocycles. The van der Waals surface area contributed by atoms with E-state index in [1.807, 2.05) is 0 Å². The molecule has 0 fully saturated rings. The summed E-state index contributed by atoms with van der Waals surface area (Å²) in [6.45, 7) is 1.80. The van der Waals surface area contributed by atoms with E-state index in [1.165, 1.54) is 12.3 Å².